The van der Waals surface area contributed by atoms with Gasteiger partial charge in [-0.25, -0.2) is 0 Å². The maximum absolute atomic E-state index is 12.6. The summed E-state index contributed by atoms with van der Waals surface area (Å²) < 4.78 is 37.7. The Balaban J connectivity index is 2.39. The second-order valence-electron chi connectivity index (χ2n) is 3.56. The molecule has 7 heteroatoms. The topological polar surface area (TPSA) is 45.6 Å². The first kappa shape index (κ1) is 11.6. The van der Waals surface area contributed by atoms with Crippen LogP contribution in [0.1, 0.15) is 6.92 Å². The maximum atomic E-state index is 12.6. The normalized spacial score (nSPS) is 20.7. The van der Waals surface area contributed by atoms with Gasteiger partial charge in [-0.05, 0) is 19.1 Å². The van der Waals surface area contributed by atoms with Crippen LogP contribution in [0, 0.1) is 5.92 Å². The van der Waals surface area contributed by atoms with Gasteiger partial charge in [0.15, 0.2) is 5.71 Å². The molecule has 1 aliphatic rings. The Morgan fingerprint density at radius 1 is 1.29 bits per heavy atom. The number of alkyl halides is 3. The van der Waals surface area contributed by atoms with Crippen LogP contribution in [-0.2, 0) is 4.79 Å². The lowest BCUT2D eigenvalue weighted by Gasteiger charge is -2.11. The van der Waals surface area contributed by atoms with E-state index in [2.05, 4.69) is 10.1 Å². The SMILES string of the molecule is CC1C(=O)N(c2ccncc2)N=C1C(F)(F)F. The number of rotatable bonds is 1. The van der Waals surface area contributed by atoms with Crippen LogP contribution in [0.15, 0.2) is 29.6 Å². The zero-order valence-corrected chi connectivity index (χ0v) is 8.77. The van der Waals surface area contributed by atoms with Gasteiger partial charge in [0.1, 0.15) is 0 Å². The molecule has 0 fully saturated rings. The third-order valence-corrected chi connectivity index (χ3v) is 2.39. The molecule has 1 amide bonds. The highest BCUT2D eigenvalue weighted by molar-refractivity contribution is 6.17. The molecule has 1 unspecified atom stereocenters. The van der Waals surface area contributed by atoms with Crippen LogP contribution in [-0.4, -0.2) is 22.8 Å². The number of anilines is 1. The van der Waals surface area contributed by atoms with Crippen molar-refractivity contribution in [1.29, 1.82) is 0 Å². The molecule has 0 aliphatic carbocycles. The Bertz CT molecular complexity index is 469. The summed E-state index contributed by atoms with van der Waals surface area (Å²) >= 11 is 0. The van der Waals surface area contributed by atoms with Crippen LogP contribution in [0.4, 0.5) is 18.9 Å². The summed E-state index contributed by atoms with van der Waals surface area (Å²) in [5.41, 5.74) is -0.796. The Labute approximate surface area is 94.8 Å². The molecule has 1 aromatic rings. The molecule has 0 radical (unpaired) electrons. The second-order valence-corrected chi connectivity index (χ2v) is 3.56. The highest BCUT2D eigenvalue weighted by atomic mass is 19.4. The second kappa shape index (κ2) is 3.83. The Kier molecular flexibility index (Phi) is 2.60. The number of hydrazone groups is 1. The van der Waals surface area contributed by atoms with E-state index in [0.717, 1.165) is 5.01 Å². The van der Waals surface area contributed by atoms with Gasteiger partial charge in [-0.1, -0.05) is 0 Å². The van der Waals surface area contributed by atoms with Gasteiger partial charge in [-0.15, -0.1) is 0 Å². The van der Waals surface area contributed by atoms with Crippen molar-refractivity contribution in [3.8, 4) is 0 Å². The van der Waals surface area contributed by atoms with Crippen molar-refractivity contribution in [3.63, 3.8) is 0 Å². The zero-order valence-electron chi connectivity index (χ0n) is 8.77. The number of hydrogen-bond acceptors (Lipinski definition) is 3. The monoisotopic (exact) mass is 243 g/mol. The molecule has 1 aliphatic heterocycles. The Hall–Kier alpha value is -1.92. The fourth-order valence-electron chi connectivity index (χ4n) is 1.52. The minimum atomic E-state index is -4.59. The van der Waals surface area contributed by atoms with Crippen molar-refractivity contribution in [2.75, 3.05) is 5.01 Å². The van der Waals surface area contributed by atoms with Gasteiger partial charge < -0.3 is 0 Å². The highest BCUT2D eigenvalue weighted by Gasteiger charge is 2.47. The van der Waals surface area contributed by atoms with E-state index in [1.165, 1.54) is 31.5 Å². The standard InChI is InChI=1S/C10H8F3N3O/c1-6-8(10(11,12)13)15-16(9(6)17)7-2-4-14-5-3-7/h2-6H,1H3. The third kappa shape index (κ3) is 2.00. The summed E-state index contributed by atoms with van der Waals surface area (Å²) in [5.74, 6) is -1.97. The van der Waals surface area contributed by atoms with E-state index in [0.29, 0.717) is 0 Å². The molecule has 2 rings (SSSR count). The highest BCUT2D eigenvalue weighted by Crippen LogP contribution is 2.31. The lowest BCUT2D eigenvalue weighted by Crippen LogP contribution is -2.31. The molecule has 2 heterocycles. The van der Waals surface area contributed by atoms with Crippen LogP contribution in [0.2, 0.25) is 0 Å². The minimum absolute atomic E-state index is 0.274. The van der Waals surface area contributed by atoms with Crippen molar-refractivity contribution in [2.24, 2.45) is 11.0 Å². The average Bonchev–Trinajstić information content (AvgIpc) is 2.57. The maximum Gasteiger partial charge on any atom is 0.432 e. The smallest absolute Gasteiger partial charge is 0.272 e. The summed E-state index contributed by atoms with van der Waals surface area (Å²) in [5, 5.41) is 4.10. The lowest BCUT2D eigenvalue weighted by atomic mass is 10.1. The summed E-state index contributed by atoms with van der Waals surface area (Å²) in [6.07, 6.45) is -1.82. The molecule has 0 N–H and O–H groups in total. The molecule has 1 atom stereocenters. The van der Waals surface area contributed by atoms with Gasteiger partial charge >= 0.3 is 6.18 Å². The molecule has 0 aromatic carbocycles. The van der Waals surface area contributed by atoms with Gasteiger partial charge in [-0.3, -0.25) is 9.78 Å². The summed E-state index contributed by atoms with van der Waals surface area (Å²) in [7, 11) is 0. The predicted molar refractivity (Wildman–Crippen MR) is 54.4 cm³/mol. The van der Waals surface area contributed by atoms with Crippen molar-refractivity contribution in [2.45, 2.75) is 13.1 Å². The summed E-state index contributed by atoms with van der Waals surface area (Å²) in [6.45, 7) is 1.19. The van der Waals surface area contributed by atoms with Gasteiger partial charge in [0.05, 0.1) is 11.6 Å². The van der Waals surface area contributed by atoms with E-state index in [4.69, 9.17) is 0 Å². The molecule has 0 spiro atoms. The molecule has 90 valence electrons. The fraction of sp³-hybridized carbons (Fsp3) is 0.300. The molecule has 0 saturated heterocycles. The van der Waals surface area contributed by atoms with E-state index < -0.39 is 23.7 Å². The largest absolute Gasteiger partial charge is 0.432 e. The van der Waals surface area contributed by atoms with Gasteiger partial charge in [-0.2, -0.15) is 23.3 Å². The average molecular weight is 243 g/mol. The third-order valence-electron chi connectivity index (χ3n) is 2.39. The van der Waals surface area contributed by atoms with Crippen molar-refractivity contribution < 1.29 is 18.0 Å². The van der Waals surface area contributed by atoms with Crippen LogP contribution in [0.3, 0.4) is 0 Å². The first-order valence-corrected chi connectivity index (χ1v) is 4.81. The van der Waals surface area contributed by atoms with Crippen molar-refractivity contribution in [3.05, 3.63) is 24.5 Å². The van der Waals surface area contributed by atoms with E-state index in [1.807, 2.05) is 0 Å². The van der Waals surface area contributed by atoms with Crippen LogP contribution in [0.25, 0.3) is 0 Å². The Morgan fingerprint density at radius 3 is 2.35 bits per heavy atom. The van der Waals surface area contributed by atoms with E-state index >= 15 is 0 Å². The number of pyridine rings is 1. The molecule has 1 aromatic heterocycles. The fourth-order valence-corrected chi connectivity index (χ4v) is 1.52. The van der Waals surface area contributed by atoms with Crippen LogP contribution < -0.4 is 5.01 Å². The van der Waals surface area contributed by atoms with E-state index in [1.54, 1.807) is 0 Å². The molecule has 0 bridgehead atoms. The molecular formula is C10H8F3N3O. The van der Waals surface area contributed by atoms with Gasteiger partial charge in [0.2, 0.25) is 0 Å². The molecule has 0 saturated carbocycles. The van der Waals surface area contributed by atoms with Gasteiger partial charge in [0.25, 0.3) is 5.91 Å². The first-order valence-electron chi connectivity index (χ1n) is 4.81. The lowest BCUT2D eigenvalue weighted by molar-refractivity contribution is -0.120. The molecule has 17 heavy (non-hydrogen) atoms. The van der Waals surface area contributed by atoms with E-state index in [9.17, 15) is 18.0 Å². The van der Waals surface area contributed by atoms with Crippen LogP contribution in [0.5, 0.6) is 0 Å². The van der Waals surface area contributed by atoms with Gasteiger partial charge in [0, 0.05) is 12.4 Å². The number of carbonyl (C=O) groups excluding carboxylic acids is 1. The van der Waals surface area contributed by atoms with Crippen molar-refractivity contribution in [1.82, 2.24) is 4.98 Å². The first-order chi connectivity index (χ1) is 7.91. The number of halogens is 3. The number of carbonyl (C=O) groups is 1. The summed E-state index contributed by atoms with van der Waals surface area (Å²) in [6, 6.07) is 2.85. The molecule has 4 nitrogen and oxygen atoms in total. The summed E-state index contributed by atoms with van der Waals surface area (Å²) in [4.78, 5) is 15.4. The number of nitrogens with zero attached hydrogens (tertiary/aromatic N) is 3. The molecular weight excluding hydrogens is 235 g/mol. The van der Waals surface area contributed by atoms with Crippen LogP contribution >= 0.6 is 0 Å². The zero-order chi connectivity index (χ0) is 12.6. The van der Waals surface area contributed by atoms with Crippen molar-refractivity contribution >= 4 is 17.3 Å². The minimum Gasteiger partial charge on any atom is -0.272 e. The quantitative estimate of drug-likeness (QED) is 0.757. The Morgan fingerprint density at radius 2 is 1.88 bits per heavy atom. The number of amides is 1. The number of aromatic nitrogens is 1. The van der Waals surface area contributed by atoms with E-state index in [-0.39, 0.29) is 5.69 Å². The number of hydrogen-bond donors (Lipinski definition) is 0. The predicted octanol–water partition coefficient (Wildman–Crippen LogP) is 1.98.